The van der Waals surface area contributed by atoms with E-state index in [1.807, 2.05) is 60.7 Å². The summed E-state index contributed by atoms with van der Waals surface area (Å²) in [7, 11) is 0. The lowest BCUT2D eigenvalue weighted by Crippen LogP contribution is -2.48. The number of hydrogen-bond donors (Lipinski definition) is 1. The third kappa shape index (κ3) is 4.71. The van der Waals surface area contributed by atoms with Gasteiger partial charge >= 0.3 is 0 Å². The molecular formula is C26H29FN8O. The number of halogens is 1. The fourth-order valence-electron chi connectivity index (χ4n) is 4.42. The van der Waals surface area contributed by atoms with E-state index in [0.717, 1.165) is 48.6 Å². The number of nitrogens with one attached hydrogen (secondary N) is 1. The number of amides is 1. The number of pyridine rings is 1. The summed E-state index contributed by atoms with van der Waals surface area (Å²) in [4.78, 5) is 29.1. The summed E-state index contributed by atoms with van der Waals surface area (Å²) in [5.74, 6) is -0.0224. The number of benzene rings is 1. The SMILES string of the molecule is CCC(=O)N1CCN(c2ccc(Nc3ncc(F)c(-c4cnc5cnn(C(C)C)c5c4)n3)cc2)CC1. The van der Waals surface area contributed by atoms with Crippen molar-refractivity contribution in [1.82, 2.24) is 29.6 Å². The van der Waals surface area contributed by atoms with E-state index in [9.17, 15) is 9.18 Å². The fraction of sp³-hybridized carbons (Fsp3) is 0.346. The molecule has 36 heavy (non-hydrogen) atoms. The average molecular weight is 489 g/mol. The second kappa shape index (κ2) is 9.88. The molecule has 1 amide bonds. The molecule has 4 aromatic rings. The van der Waals surface area contributed by atoms with E-state index in [-0.39, 0.29) is 17.6 Å². The van der Waals surface area contributed by atoms with Crippen molar-refractivity contribution < 1.29 is 9.18 Å². The molecule has 0 aliphatic carbocycles. The molecular weight excluding hydrogens is 459 g/mol. The van der Waals surface area contributed by atoms with Gasteiger partial charge in [-0.05, 0) is 44.2 Å². The van der Waals surface area contributed by atoms with Crippen LogP contribution in [0.25, 0.3) is 22.3 Å². The van der Waals surface area contributed by atoms with Gasteiger partial charge in [0, 0.05) is 61.8 Å². The third-order valence-electron chi connectivity index (χ3n) is 6.38. The quantitative estimate of drug-likeness (QED) is 0.430. The van der Waals surface area contributed by atoms with Gasteiger partial charge in [0.2, 0.25) is 11.9 Å². The molecule has 0 bridgehead atoms. The molecule has 0 radical (unpaired) electrons. The summed E-state index contributed by atoms with van der Waals surface area (Å²) >= 11 is 0. The van der Waals surface area contributed by atoms with Crippen molar-refractivity contribution in [3.05, 3.63) is 54.7 Å². The summed E-state index contributed by atoms with van der Waals surface area (Å²) in [6, 6.07) is 9.94. The van der Waals surface area contributed by atoms with Crippen LogP contribution in [0.15, 0.2) is 48.9 Å². The first kappa shape index (κ1) is 23.7. The highest BCUT2D eigenvalue weighted by Crippen LogP contribution is 2.27. The third-order valence-corrected chi connectivity index (χ3v) is 6.38. The van der Waals surface area contributed by atoms with Crippen molar-refractivity contribution in [1.29, 1.82) is 0 Å². The van der Waals surface area contributed by atoms with Crippen molar-refractivity contribution in [2.75, 3.05) is 36.4 Å². The Bertz CT molecular complexity index is 1380. The zero-order valence-electron chi connectivity index (χ0n) is 20.6. The smallest absolute Gasteiger partial charge is 0.227 e. The first-order valence-electron chi connectivity index (χ1n) is 12.2. The van der Waals surface area contributed by atoms with E-state index in [2.05, 4.69) is 30.3 Å². The zero-order chi connectivity index (χ0) is 25.2. The summed E-state index contributed by atoms with van der Waals surface area (Å²) in [5.41, 5.74) is 4.19. The van der Waals surface area contributed by atoms with E-state index in [0.29, 0.717) is 17.9 Å². The van der Waals surface area contributed by atoms with Crippen molar-refractivity contribution in [3.8, 4) is 11.3 Å². The summed E-state index contributed by atoms with van der Waals surface area (Å²) < 4.78 is 16.6. The first-order valence-corrected chi connectivity index (χ1v) is 12.2. The summed E-state index contributed by atoms with van der Waals surface area (Å²) in [6.07, 6.45) is 5.02. The van der Waals surface area contributed by atoms with E-state index in [1.165, 1.54) is 6.20 Å². The Morgan fingerprint density at radius 1 is 1.06 bits per heavy atom. The number of hydrogen-bond acceptors (Lipinski definition) is 7. The Kier molecular flexibility index (Phi) is 6.49. The highest BCUT2D eigenvalue weighted by atomic mass is 19.1. The maximum Gasteiger partial charge on any atom is 0.227 e. The predicted octanol–water partition coefficient (Wildman–Crippen LogP) is 4.41. The molecule has 9 nitrogen and oxygen atoms in total. The molecule has 4 heterocycles. The highest BCUT2D eigenvalue weighted by Gasteiger charge is 2.20. The summed E-state index contributed by atoms with van der Waals surface area (Å²) in [5, 5.41) is 7.54. The molecule has 1 aliphatic rings. The molecule has 1 saturated heterocycles. The van der Waals surface area contributed by atoms with Crippen LogP contribution in [-0.4, -0.2) is 61.7 Å². The zero-order valence-corrected chi connectivity index (χ0v) is 20.6. The number of aromatic nitrogens is 5. The van der Waals surface area contributed by atoms with Crippen molar-refractivity contribution in [2.24, 2.45) is 0 Å². The van der Waals surface area contributed by atoms with Gasteiger partial charge in [-0.3, -0.25) is 14.5 Å². The number of carbonyl (C=O) groups is 1. The number of anilines is 3. The number of fused-ring (bicyclic) bond motifs is 1. The maximum atomic E-state index is 14.7. The van der Waals surface area contributed by atoms with Gasteiger partial charge in [-0.2, -0.15) is 5.10 Å². The lowest BCUT2D eigenvalue weighted by Gasteiger charge is -2.36. The van der Waals surface area contributed by atoms with Crippen molar-refractivity contribution in [2.45, 2.75) is 33.2 Å². The largest absolute Gasteiger partial charge is 0.368 e. The molecule has 1 N–H and O–H groups in total. The number of rotatable bonds is 6. The first-order chi connectivity index (χ1) is 17.4. The van der Waals surface area contributed by atoms with Crippen LogP contribution in [0.5, 0.6) is 0 Å². The van der Waals surface area contributed by atoms with Crippen LogP contribution < -0.4 is 10.2 Å². The normalized spacial score (nSPS) is 14.0. The van der Waals surface area contributed by atoms with E-state index < -0.39 is 5.82 Å². The molecule has 0 unspecified atom stereocenters. The minimum Gasteiger partial charge on any atom is -0.368 e. The van der Waals surface area contributed by atoms with Crippen LogP contribution in [0.1, 0.15) is 33.2 Å². The second-order valence-corrected chi connectivity index (χ2v) is 9.09. The van der Waals surface area contributed by atoms with Crippen molar-refractivity contribution in [3.63, 3.8) is 0 Å². The van der Waals surface area contributed by atoms with Gasteiger partial charge in [-0.1, -0.05) is 6.92 Å². The van der Waals surface area contributed by atoms with Gasteiger partial charge in [0.15, 0.2) is 5.82 Å². The lowest BCUT2D eigenvalue weighted by molar-refractivity contribution is -0.131. The Morgan fingerprint density at radius 2 is 1.81 bits per heavy atom. The molecule has 0 saturated carbocycles. The van der Waals surface area contributed by atoms with E-state index in [1.54, 1.807) is 12.4 Å². The maximum absolute atomic E-state index is 14.7. The Hall–Kier alpha value is -4.08. The van der Waals surface area contributed by atoms with Gasteiger partial charge < -0.3 is 15.1 Å². The minimum absolute atomic E-state index is 0.151. The predicted molar refractivity (Wildman–Crippen MR) is 138 cm³/mol. The number of nitrogens with zero attached hydrogens (tertiary/aromatic N) is 7. The van der Waals surface area contributed by atoms with Crippen LogP contribution in [-0.2, 0) is 4.79 Å². The lowest BCUT2D eigenvalue weighted by atomic mass is 10.2. The molecule has 0 spiro atoms. The average Bonchev–Trinajstić information content (AvgIpc) is 3.33. The molecule has 5 rings (SSSR count). The van der Waals surface area contributed by atoms with E-state index in [4.69, 9.17) is 0 Å². The van der Waals surface area contributed by atoms with Crippen LogP contribution in [0.3, 0.4) is 0 Å². The van der Waals surface area contributed by atoms with Crippen LogP contribution in [0.2, 0.25) is 0 Å². The Morgan fingerprint density at radius 3 is 2.50 bits per heavy atom. The molecule has 3 aromatic heterocycles. The number of carbonyl (C=O) groups excluding carboxylic acids is 1. The molecule has 0 atom stereocenters. The minimum atomic E-state index is -0.520. The van der Waals surface area contributed by atoms with Crippen LogP contribution in [0.4, 0.5) is 21.7 Å². The van der Waals surface area contributed by atoms with Gasteiger partial charge in [0.25, 0.3) is 0 Å². The molecule has 186 valence electrons. The number of piperazine rings is 1. The Balaban J connectivity index is 1.31. The monoisotopic (exact) mass is 488 g/mol. The fourth-order valence-corrected chi connectivity index (χ4v) is 4.42. The second-order valence-electron chi connectivity index (χ2n) is 9.09. The summed E-state index contributed by atoms with van der Waals surface area (Å²) in [6.45, 7) is 9.03. The van der Waals surface area contributed by atoms with Gasteiger partial charge in [-0.15, -0.1) is 0 Å². The topological polar surface area (TPSA) is 92.1 Å². The van der Waals surface area contributed by atoms with Crippen LogP contribution >= 0.6 is 0 Å². The molecule has 10 heteroatoms. The van der Waals surface area contributed by atoms with Crippen LogP contribution in [0, 0.1) is 5.82 Å². The molecule has 1 aliphatic heterocycles. The highest BCUT2D eigenvalue weighted by molar-refractivity contribution is 5.80. The van der Waals surface area contributed by atoms with Gasteiger partial charge in [0.05, 0.1) is 17.9 Å². The van der Waals surface area contributed by atoms with Crippen molar-refractivity contribution >= 4 is 34.3 Å². The standard InChI is InChI=1S/C26H29FN8O/c1-4-24(36)34-11-9-33(10-12-34)20-7-5-19(6-8-20)31-26-29-15-21(27)25(32-26)18-13-23-22(28-14-18)16-30-35(23)17(2)3/h5-8,13-17H,4,9-12H2,1-3H3,(H,29,31,32). The van der Waals surface area contributed by atoms with E-state index >= 15 is 0 Å². The van der Waals surface area contributed by atoms with Gasteiger partial charge in [-0.25, -0.2) is 14.4 Å². The van der Waals surface area contributed by atoms with Gasteiger partial charge in [0.1, 0.15) is 11.2 Å². The molecule has 1 aromatic carbocycles. The molecule has 1 fully saturated rings. The Labute approximate surface area is 209 Å².